The molecule has 13 heteroatoms. The van der Waals surface area contributed by atoms with Gasteiger partial charge in [-0.15, -0.1) is 11.3 Å². The summed E-state index contributed by atoms with van der Waals surface area (Å²) in [6.07, 6.45) is 0. The molecule has 8 nitrogen and oxygen atoms in total. The quantitative estimate of drug-likeness (QED) is 0.595. The highest BCUT2D eigenvalue weighted by Gasteiger charge is 2.37. The SMILES string of the molecule is Cc1nc(N(C)C(=O)C2CN(c3nc(-c4cc(F)ccc4F)cs3)C2)sc1S(N)(=O)=O. The van der Waals surface area contributed by atoms with Gasteiger partial charge < -0.3 is 4.90 Å². The number of halogens is 2. The van der Waals surface area contributed by atoms with Crippen molar-refractivity contribution >= 4 is 48.9 Å². The van der Waals surface area contributed by atoms with E-state index in [1.54, 1.807) is 5.38 Å². The zero-order valence-corrected chi connectivity index (χ0v) is 18.8. The van der Waals surface area contributed by atoms with E-state index in [-0.39, 0.29) is 32.4 Å². The summed E-state index contributed by atoms with van der Waals surface area (Å²) in [5.74, 6) is -1.65. The minimum Gasteiger partial charge on any atom is -0.346 e. The number of nitrogens with two attached hydrogens (primary N) is 1. The lowest BCUT2D eigenvalue weighted by Crippen LogP contribution is -2.54. The molecule has 1 amide bonds. The molecule has 1 aliphatic rings. The molecule has 0 aliphatic carbocycles. The van der Waals surface area contributed by atoms with E-state index in [1.165, 1.54) is 30.2 Å². The third kappa shape index (κ3) is 4.18. The van der Waals surface area contributed by atoms with Crippen LogP contribution >= 0.6 is 22.7 Å². The summed E-state index contributed by atoms with van der Waals surface area (Å²) in [7, 11) is -2.37. The molecular weight excluding hydrogens is 468 g/mol. The van der Waals surface area contributed by atoms with Gasteiger partial charge in [-0.05, 0) is 25.1 Å². The van der Waals surface area contributed by atoms with Crippen LogP contribution in [0.15, 0.2) is 27.8 Å². The van der Waals surface area contributed by atoms with Crippen LogP contribution in [0.5, 0.6) is 0 Å². The first-order valence-electron chi connectivity index (χ1n) is 8.98. The van der Waals surface area contributed by atoms with Crippen molar-refractivity contribution in [3.63, 3.8) is 0 Å². The van der Waals surface area contributed by atoms with E-state index in [9.17, 15) is 22.0 Å². The molecule has 0 saturated carbocycles. The molecule has 0 spiro atoms. The topological polar surface area (TPSA) is 109 Å². The van der Waals surface area contributed by atoms with Crippen LogP contribution in [0.4, 0.5) is 19.0 Å². The van der Waals surface area contributed by atoms with Gasteiger partial charge in [0.1, 0.15) is 11.6 Å². The number of rotatable bonds is 5. The summed E-state index contributed by atoms with van der Waals surface area (Å²) >= 11 is 2.13. The predicted molar refractivity (Wildman–Crippen MR) is 115 cm³/mol. The molecule has 1 aromatic carbocycles. The van der Waals surface area contributed by atoms with Crippen LogP contribution < -0.4 is 14.9 Å². The second kappa shape index (κ2) is 7.89. The number of sulfonamides is 1. The summed E-state index contributed by atoms with van der Waals surface area (Å²) in [5, 5.41) is 7.67. The van der Waals surface area contributed by atoms with Crippen LogP contribution in [0.2, 0.25) is 0 Å². The number of carbonyl (C=O) groups excluding carboxylic acids is 1. The van der Waals surface area contributed by atoms with Crippen molar-refractivity contribution in [2.75, 3.05) is 29.9 Å². The number of benzene rings is 1. The highest BCUT2D eigenvalue weighted by molar-refractivity contribution is 7.91. The van der Waals surface area contributed by atoms with Crippen LogP contribution in [0.25, 0.3) is 11.3 Å². The number of nitrogens with zero attached hydrogens (tertiary/aromatic N) is 4. The molecule has 2 N–H and O–H groups in total. The Kier molecular flexibility index (Phi) is 5.54. The van der Waals surface area contributed by atoms with Crippen molar-refractivity contribution in [2.45, 2.75) is 11.1 Å². The summed E-state index contributed by atoms with van der Waals surface area (Å²) in [5.41, 5.74) is 0.662. The van der Waals surface area contributed by atoms with Crippen LogP contribution in [0, 0.1) is 24.5 Å². The molecule has 0 bridgehead atoms. The third-order valence-corrected chi connectivity index (χ3v) is 8.51. The average Bonchev–Trinajstić information content (AvgIpc) is 3.28. The first kappa shape index (κ1) is 21.7. The number of carbonyl (C=O) groups is 1. The number of anilines is 2. The second-order valence-electron chi connectivity index (χ2n) is 7.05. The lowest BCUT2D eigenvalue weighted by atomic mass is 10.00. The Labute approximate surface area is 185 Å². The van der Waals surface area contributed by atoms with Crippen LogP contribution in [-0.2, 0) is 14.8 Å². The molecule has 0 unspecified atom stereocenters. The lowest BCUT2D eigenvalue weighted by molar-refractivity contribution is -0.122. The molecule has 2 aromatic heterocycles. The van der Waals surface area contributed by atoms with Crippen molar-refractivity contribution in [2.24, 2.45) is 11.1 Å². The molecular formula is C18H17F2N5O3S3. The fraction of sp³-hybridized carbons (Fsp3) is 0.278. The zero-order valence-electron chi connectivity index (χ0n) is 16.4. The molecule has 1 fully saturated rings. The molecule has 164 valence electrons. The number of hydrogen-bond acceptors (Lipinski definition) is 8. The Balaban J connectivity index is 1.43. The first-order valence-corrected chi connectivity index (χ1v) is 12.2. The van der Waals surface area contributed by atoms with E-state index in [4.69, 9.17) is 5.14 Å². The highest BCUT2D eigenvalue weighted by atomic mass is 32.2. The van der Waals surface area contributed by atoms with Crippen molar-refractivity contribution in [1.82, 2.24) is 9.97 Å². The maximum Gasteiger partial charge on any atom is 0.249 e. The standard InChI is InChI=1S/C18H17F2N5O3S3/c1-9-16(31(21,27)28)30-17(22-9)24(2)15(26)10-6-25(7-10)18-23-14(8-29-18)12-5-11(19)3-4-13(12)20/h3-5,8,10H,6-7H2,1-2H3,(H2,21,27,28). The van der Waals surface area contributed by atoms with Crippen molar-refractivity contribution in [1.29, 1.82) is 0 Å². The van der Waals surface area contributed by atoms with E-state index >= 15 is 0 Å². The molecule has 3 heterocycles. The molecule has 4 rings (SSSR count). The van der Waals surface area contributed by atoms with Gasteiger partial charge in [0, 0.05) is 31.1 Å². The van der Waals surface area contributed by atoms with E-state index in [1.807, 2.05) is 4.90 Å². The average molecular weight is 486 g/mol. The Hall–Kier alpha value is -2.48. The lowest BCUT2D eigenvalue weighted by Gasteiger charge is -2.39. The zero-order chi connectivity index (χ0) is 22.5. The largest absolute Gasteiger partial charge is 0.346 e. The number of aryl methyl sites for hydroxylation is 1. The predicted octanol–water partition coefficient (Wildman–Crippen LogP) is 2.60. The van der Waals surface area contributed by atoms with Crippen LogP contribution in [0.3, 0.4) is 0 Å². The van der Waals surface area contributed by atoms with Gasteiger partial charge in [0.15, 0.2) is 14.5 Å². The second-order valence-corrected chi connectivity index (χ2v) is 10.6. The number of primary sulfonamides is 1. The molecule has 3 aromatic rings. The molecule has 0 atom stereocenters. The van der Waals surface area contributed by atoms with E-state index in [2.05, 4.69) is 9.97 Å². The van der Waals surface area contributed by atoms with Gasteiger partial charge in [-0.3, -0.25) is 9.69 Å². The van der Waals surface area contributed by atoms with Crippen LogP contribution in [0.1, 0.15) is 5.69 Å². The smallest absolute Gasteiger partial charge is 0.249 e. The molecule has 31 heavy (non-hydrogen) atoms. The Morgan fingerprint density at radius 2 is 2.00 bits per heavy atom. The minimum atomic E-state index is -3.90. The molecule has 1 saturated heterocycles. The normalized spacial score (nSPS) is 14.5. The number of thiazole rings is 2. The summed E-state index contributed by atoms with van der Waals surface area (Å²) in [4.78, 5) is 24.5. The van der Waals surface area contributed by atoms with E-state index in [0.29, 0.717) is 23.9 Å². The first-order chi connectivity index (χ1) is 14.5. The maximum atomic E-state index is 14.0. The Morgan fingerprint density at radius 3 is 2.65 bits per heavy atom. The van der Waals surface area contributed by atoms with Gasteiger partial charge in [0.2, 0.25) is 15.9 Å². The Morgan fingerprint density at radius 1 is 1.29 bits per heavy atom. The van der Waals surface area contributed by atoms with Crippen molar-refractivity contribution in [3.8, 4) is 11.3 Å². The van der Waals surface area contributed by atoms with Gasteiger partial charge in [0.25, 0.3) is 0 Å². The minimum absolute atomic E-state index is 0.0720. The van der Waals surface area contributed by atoms with Gasteiger partial charge in [-0.2, -0.15) is 0 Å². The molecule has 1 aliphatic heterocycles. The summed E-state index contributed by atoms with van der Waals surface area (Å²) in [6, 6.07) is 3.20. The molecule has 0 radical (unpaired) electrons. The summed E-state index contributed by atoms with van der Waals surface area (Å²) < 4.78 is 50.5. The van der Waals surface area contributed by atoms with E-state index in [0.717, 1.165) is 29.5 Å². The van der Waals surface area contributed by atoms with Gasteiger partial charge in [-0.1, -0.05) is 11.3 Å². The number of aromatic nitrogens is 2. The highest BCUT2D eigenvalue weighted by Crippen LogP contribution is 2.35. The van der Waals surface area contributed by atoms with Gasteiger partial charge >= 0.3 is 0 Å². The third-order valence-electron chi connectivity index (χ3n) is 4.82. The Bertz CT molecular complexity index is 1270. The monoisotopic (exact) mass is 485 g/mol. The van der Waals surface area contributed by atoms with Crippen molar-refractivity contribution in [3.05, 3.63) is 40.9 Å². The van der Waals surface area contributed by atoms with Gasteiger partial charge in [0.05, 0.1) is 17.3 Å². The maximum absolute atomic E-state index is 14.0. The number of amides is 1. The van der Waals surface area contributed by atoms with Crippen molar-refractivity contribution < 1.29 is 22.0 Å². The number of hydrogen-bond donors (Lipinski definition) is 1. The van der Waals surface area contributed by atoms with Gasteiger partial charge in [-0.25, -0.2) is 32.3 Å². The summed E-state index contributed by atoms with van der Waals surface area (Å²) in [6.45, 7) is 2.31. The fourth-order valence-electron chi connectivity index (χ4n) is 3.16. The fourth-order valence-corrected chi connectivity index (χ4v) is 5.92. The van der Waals surface area contributed by atoms with Crippen LogP contribution in [-0.4, -0.2) is 44.4 Å². The van der Waals surface area contributed by atoms with E-state index < -0.39 is 21.7 Å².